The van der Waals surface area contributed by atoms with Crippen LogP contribution >= 0.6 is 11.6 Å². The molecule has 0 aliphatic carbocycles. The van der Waals surface area contributed by atoms with Gasteiger partial charge in [0.25, 0.3) is 5.56 Å². The van der Waals surface area contributed by atoms with Gasteiger partial charge in [-0.05, 0) is 60.5 Å². The van der Waals surface area contributed by atoms with E-state index in [0.717, 1.165) is 16.7 Å². The van der Waals surface area contributed by atoms with Crippen LogP contribution in [0.4, 0.5) is 11.5 Å². The molecule has 0 bridgehead atoms. The first-order valence-corrected chi connectivity index (χ1v) is 12.3. The first-order chi connectivity index (χ1) is 19.9. The predicted octanol–water partition coefficient (Wildman–Crippen LogP) is 3.55. The molecule has 6 aromatic rings. The van der Waals surface area contributed by atoms with Gasteiger partial charge in [-0.15, -0.1) is 10.2 Å². The Morgan fingerprint density at radius 2 is 2.00 bits per heavy atom. The maximum Gasteiger partial charge on any atom is 0.261 e. The number of hydrogen-bond acceptors (Lipinski definition) is 9. The molecule has 6 rings (SSSR count). The largest absolute Gasteiger partial charge is 0.384 e. The second-order valence-electron chi connectivity index (χ2n) is 9.17. The van der Waals surface area contributed by atoms with Crippen LogP contribution in [0.5, 0.6) is 0 Å². The van der Waals surface area contributed by atoms with Gasteiger partial charge in [-0.2, -0.15) is 4.80 Å². The fourth-order valence-corrected chi connectivity index (χ4v) is 4.91. The number of rotatable bonds is 5. The molecule has 0 saturated heterocycles. The van der Waals surface area contributed by atoms with Crippen molar-refractivity contribution in [3.63, 3.8) is 0 Å². The Kier molecular flexibility index (Phi) is 4.97. The van der Waals surface area contributed by atoms with Crippen molar-refractivity contribution in [3.8, 4) is 22.8 Å². The number of tetrazole rings is 1. The highest BCUT2D eigenvalue weighted by molar-refractivity contribution is 6.29. The van der Waals surface area contributed by atoms with Crippen molar-refractivity contribution in [2.45, 2.75) is 19.9 Å². The molecule has 12 nitrogen and oxygen atoms in total. The Balaban J connectivity index is 1.51. The molecule has 0 fully saturated rings. The second kappa shape index (κ2) is 9.17. The molecule has 3 N–H and O–H groups in total. The lowest BCUT2D eigenvalue weighted by Crippen LogP contribution is -2.21. The average molecular weight is 545 g/mol. The van der Waals surface area contributed by atoms with Crippen molar-refractivity contribution >= 4 is 39.7 Å². The van der Waals surface area contributed by atoms with Crippen LogP contribution < -0.4 is 16.6 Å². The first kappa shape index (κ1) is 21.1. The first-order valence-electron chi connectivity index (χ1n) is 13.4. The normalized spacial score (nSPS) is 13.8. The summed E-state index contributed by atoms with van der Waals surface area (Å²) in [6.07, 6.45) is 3.30. The topological polar surface area (TPSA) is 147 Å². The standard InChI is InChI=1S/C26H24ClN11O/c1-13-9-16(14(2)31-18-6-7-19(27)32-22(18)24-33-35-37(4)34-24)23-17(10-13)26(39)36(3)25-21(30-12-38(23)25)15-5-8-20(28)29-11-15/h5-12,14,31H,1-4H3,(H2,28,29)/i4D3. The minimum Gasteiger partial charge on any atom is -0.384 e. The maximum absolute atomic E-state index is 13.7. The van der Waals surface area contributed by atoms with Gasteiger partial charge in [0.15, 0.2) is 0 Å². The van der Waals surface area contributed by atoms with Gasteiger partial charge in [-0.3, -0.25) is 13.8 Å². The summed E-state index contributed by atoms with van der Waals surface area (Å²) in [6.45, 7) is 1.25. The number of pyridine rings is 2. The molecule has 5 heterocycles. The smallest absolute Gasteiger partial charge is 0.261 e. The minimum atomic E-state index is -2.60. The number of fused-ring (bicyclic) bond motifs is 3. The van der Waals surface area contributed by atoms with Gasteiger partial charge in [0, 0.05) is 22.9 Å². The number of halogens is 1. The van der Waals surface area contributed by atoms with Crippen molar-refractivity contribution in [2.75, 3.05) is 11.1 Å². The zero-order chi connectivity index (χ0) is 29.9. The number of aromatic nitrogens is 9. The summed E-state index contributed by atoms with van der Waals surface area (Å²) in [5, 5.41) is 15.6. The van der Waals surface area contributed by atoms with E-state index in [9.17, 15) is 4.79 Å². The van der Waals surface area contributed by atoms with Crippen LogP contribution in [0, 0.1) is 6.92 Å². The SMILES string of the molecule is [2H]C([2H])([2H])n1nnc(-c2nc(Cl)ccc2NC(C)c2cc(C)cc3c(=O)n(C)c4c(-c5ccc(N)nc5)ncn4c23)n1. The summed E-state index contributed by atoms with van der Waals surface area (Å²) in [4.78, 5) is 27.4. The summed E-state index contributed by atoms with van der Waals surface area (Å²) in [6, 6.07) is 10.3. The zero-order valence-corrected chi connectivity index (χ0v) is 21.8. The summed E-state index contributed by atoms with van der Waals surface area (Å²) in [5.41, 5.74) is 10.6. The molecule has 0 aliphatic rings. The number of nitrogens with zero attached hydrogens (tertiary/aromatic N) is 9. The van der Waals surface area contributed by atoms with Gasteiger partial charge in [0.1, 0.15) is 34.3 Å². The number of nitrogen functional groups attached to an aromatic ring is 1. The van der Waals surface area contributed by atoms with Crippen molar-refractivity contribution in [1.29, 1.82) is 0 Å². The average Bonchev–Trinajstić information content (AvgIpc) is 3.61. The molecule has 0 saturated carbocycles. The molecule has 13 heteroatoms. The van der Waals surface area contributed by atoms with E-state index in [1.54, 1.807) is 42.3 Å². The van der Waals surface area contributed by atoms with Crippen LogP contribution in [0.25, 0.3) is 39.3 Å². The van der Waals surface area contributed by atoms with Crippen LogP contribution in [-0.4, -0.2) is 44.1 Å². The summed E-state index contributed by atoms with van der Waals surface area (Å²) >= 11 is 6.18. The fourth-order valence-electron chi connectivity index (χ4n) is 4.76. The van der Waals surface area contributed by atoms with Crippen LogP contribution in [-0.2, 0) is 14.0 Å². The highest BCUT2D eigenvalue weighted by Gasteiger charge is 2.22. The molecule has 1 atom stereocenters. The summed E-state index contributed by atoms with van der Waals surface area (Å²) < 4.78 is 26.1. The van der Waals surface area contributed by atoms with Crippen molar-refractivity contribution < 1.29 is 4.11 Å². The maximum atomic E-state index is 13.7. The molecule has 0 amide bonds. The van der Waals surface area contributed by atoms with Crippen LogP contribution in [0.1, 0.15) is 28.2 Å². The van der Waals surface area contributed by atoms with Gasteiger partial charge in [0.2, 0.25) is 5.82 Å². The summed E-state index contributed by atoms with van der Waals surface area (Å²) in [5.74, 6) is 0.372. The Hall–Kier alpha value is -4.84. The van der Waals surface area contributed by atoms with E-state index in [1.165, 1.54) is 0 Å². The predicted molar refractivity (Wildman–Crippen MR) is 149 cm³/mol. The summed E-state index contributed by atoms with van der Waals surface area (Å²) in [7, 11) is 1.71. The van der Waals surface area contributed by atoms with Gasteiger partial charge in [0.05, 0.1) is 29.6 Å². The highest BCUT2D eigenvalue weighted by Crippen LogP contribution is 2.33. The Bertz CT molecular complexity index is 2050. The second-order valence-corrected chi connectivity index (χ2v) is 9.56. The number of nitrogens with two attached hydrogens (primary N) is 1. The monoisotopic (exact) mass is 544 g/mol. The van der Waals surface area contributed by atoms with E-state index in [2.05, 4.69) is 35.7 Å². The van der Waals surface area contributed by atoms with E-state index in [1.807, 2.05) is 36.4 Å². The lowest BCUT2D eigenvalue weighted by atomic mass is 10.0. The highest BCUT2D eigenvalue weighted by atomic mass is 35.5. The quantitative estimate of drug-likeness (QED) is 0.311. The third kappa shape index (κ3) is 4.14. The molecule has 0 spiro atoms. The third-order valence-electron chi connectivity index (χ3n) is 6.50. The molecule has 0 aliphatic heterocycles. The van der Waals surface area contributed by atoms with E-state index < -0.39 is 6.98 Å². The number of anilines is 2. The van der Waals surface area contributed by atoms with Crippen LogP contribution in [0.2, 0.25) is 5.15 Å². The number of aryl methyl sites for hydroxylation is 3. The van der Waals surface area contributed by atoms with E-state index in [-0.39, 0.29) is 28.3 Å². The Morgan fingerprint density at radius 3 is 2.74 bits per heavy atom. The van der Waals surface area contributed by atoms with Gasteiger partial charge >= 0.3 is 0 Å². The molecule has 0 radical (unpaired) electrons. The molecule has 5 aromatic heterocycles. The molecular formula is C26H24ClN11O. The lowest BCUT2D eigenvalue weighted by Gasteiger charge is -2.21. The van der Waals surface area contributed by atoms with Gasteiger partial charge in [-0.25, -0.2) is 15.0 Å². The van der Waals surface area contributed by atoms with Crippen molar-refractivity contribution in [1.82, 2.24) is 44.1 Å². The van der Waals surface area contributed by atoms with Gasteiger partial charge in [-0.1, -0.05) is 17.7 Å². The van der Waals surface area contributed by atoms with Crippen molar-refractivity contribution in [3.05, 3.63) is 75.6 Å². The lowest BCUT2D eigenvalue weighted by molar-refractivity contribution is 0.630. The van der Waals surface area contributed by atoms with Crippen LogP contribution in [0.15, 0.2) is 53.7 Å². The van der Waals surface area contributed by atoms with E-state index >= 15 is 0 Å². The van der Waals surface area contributed by atoms with Crippen LogP contribution in [0.3, 0.4) is 0 Å². The van der Waals surface area contributed by atoms with E-state index in [0.29, 0.717) is 38.5 Å². The molecule has 196 valence electrons. The van der Waals surface area contributed by atoms with Gasteiger partial charge < -0.3 is 11.1 Å². The number of nitrogens with one attached hydrogen (secondary N) is 1. The fraction of sp³-hybridized carbons (Fsp3) is 0.192. The third-order valence-corrected chi connectivity index (χ3v) is 6.72. The minimum absolute atomic E-state index is 0.00922. The number of benzene rings is 1. The Labute approximate surface area is 231 Å². The molecule has 39 heavy (non-hydrogen) atoms. The number of imidazole rings is 1. The van der Waals surface area contributed by atoms with Crippen molar-refractivity contribution in [2.24, 2.45) is 14.0 Å². The molecular weight excluding hydrogens is 518 g/mol. The van der Waals surface area contributed by atoms with E-state index in [4.69, 9.17) is 21.4 Å². The molecule has 1 aromatic carbocycles. The zero-order valence-electron chi connectivity index (χ0n) is 24.1. The number of hydrogen-bond donors (Lipinski definition) is 2. The molecule has 1 unspecified atom stereocenters. The Morgan fingerprint density at radius 1 is 1.15 bits per heavy atom.